The summed E-state index contributed by atoms with van der Waals surface area (Å²) in [4.78, 5) is 33.7. The molecule has 132 valence electrons. The number of anilines is 2. The molecule has 0 unspecified atom stereocenters. The molecule has 3 rings (SSSR count). The number of hydrogen-bond donors (Lipinski definition) is 1. The zero-order valence-electron chi connectivity index (χ0n) is 14.8. The highest BCUT2D eigenvalue weighted by molar-refractivity contribution is 5.95. The minimum absolute atomic E-state index is 0.0537. The fourth-order valence-corrected chi connectivity index (χ4v) is 2.89. The Hall–Kier alpha value is -2.77. The van der Waals surface area contributed by atoms with Crippen LogP contribution in [0, 0.1) is 6.92 Å². The first-order valence-corrected chi connectivity index (χ1v) is 8.38. The molecule has 0 aromatic carbocycles. The molecule has 2 aromatic heterocycles. The van der Waals surface area contributed by atoms with Crippen molar-refractivity contribution in [2.45, 2.75) is 25.8 Å². The number of piperidine rings is 1. The van der Waals surface area contributed by atoms with Crippen LogP contribution in [0.2, 0.25) is 0 Å². The van der Waals surface area contributed by atoms with Crippen LogP contribution in [0.4, 0.5) is 11.9 Å². The predicted molar refractivity (Wildman–Crippen MR) is 95.8 cm³/mol. The predicted octanol–water partition coefficient (Wildman–Crippen LogP) is 1.04. The van der Waals surface area contributed by atoms with E-state index in [-0.39, 0.29) is 11.9 Å². The van der Waals surface area contributed by atoms with E-state index in [0.29, 0.717) is 29.7 Å². The lowest BCUT2D eigenvalue weighted by Crippen LogP contribution is -2.48. The van der Waals surface area contributed by atoms with E-state index in [9.17, 15) is 4.79 Å². The second kappa shape index (κ2) is 7.42. The highest BCUT2D eigenvalue weighted by Gasteiger charge is 2.24. The molecule has 1 fully saturated rings. The fourth-order valence-electron chi connectivity index (χ4n) is 2.89. The molecule has 0 radical (unpaired) electrons. The van der Waals surface area contributed by atoms with Crippen LogP contribution >= 0.6 is 0 Å². The topological polar surface area (TPSA) is 87.1 Å². The van der Waals surface area contributed by atoms with Crippen LogP contribution in [-0.4, -0.2) is 59.1 Å². The Balaban J connectivity index is 1.66. The van der Waals surface area contributed by atoms with Crippen LogP contribution in [0.15, 0.2) is 24.7 Å². The number of carbonyl (C=O) groups is 1. The van der Waals surface area contributed by atoms with Crippen LogP contribution in [0.3, 0.4) is 0 Å². The quantitative estimate of drug-likeness (QED) is 0.889. The second-order valence-electron chi connectivity index (χ2n) is 6.37. The Bertz CT molecular complexity index is 735. The van der Waals surface area contributed by atoms with Gasteiger partial charge in [0.2, 0.25) is 11.9 Å². The first kappa shape index (κ1) is 17.1. The van der Waals surface area contributed by atoms with Crippen molar-refractivity contribution in [3.63, 3.8) is 0 Å². The highest BCUT2D eigenvalue weighted by atomic mass is 16.1. The van der Waals surface area contributed by atoms with E-state index in [1.54, 1.807) is 24.7 Å². The van der Waals surface area contributed by atoms with Crippen molar-refractivity contribution < 1.29 is 4.79 Å². The third kappa shape index (κ3) is 4.01. The number of aryl methyl sites for hydroxylation is 1. The van der Waals surface area contributed by atoms with Gasteiger partial charge in [0, 0.05) is 51.8 Å². The lowest BCUT2D eigenvalue weighted by molar-refractivity contribution is 0.0931. The maximum Gasteiger partial charge on any atom is 0.254 e. The maximum absolute atomic E-state index is 12.6. The van der Waals surface area contributed by atoms with Gasteiger partial charge in [-0.05, 0) is 25.8 Å². The number of amides is 1. The summed E-state index contributed by atoms with van der Waals surface area (Å²) in [7, 11) is 3.74. The van der Waals surface area contributed by atoms with Gasteiger partial charge in [-0.3, -0.25) is 4.79 Å². The normalized spacial score (nSPS) is 17.2. The van der Waals surface area contributed by atoms with Gasteiger partial charge >= 0.3 is 0 Å². The minimum atomic E-state index is -0.136. The van der Waals surface area contributed by atoms with Gasteiger partial charge in [-0.25, -0.2) is 19.9 Å². The van der Waals surface area contributed by atoms with E-state index in [0.717, 1.165) is 19.4 Å². The molecule has 1 saturated heterocycles. The molecule has 0 saturated carbocycles. The third-order valence-electron chi connectivity index (χ3n) is 4.20. The molecule has 3 heterocycles. The summed E-state index contributed by atoms with van der Waals surface area (Å²) in [5.74, 6) is 1.17. The number of nitrogens with one attached hydrogen (secondary N) is 1. The van der Waals surface area contributed by atoms with Gasteiger partial charge < -0.3 is 15.1 Å². The van der Waals surface area contributed by atoms with Crippen molar-refractivity contribution in [1.29, 1.82) is 0 Å². The van der Waals surface area contributed by atoms with E-state index in [4.69, 9.17) is 0 Å². The summed E-state index contributed by atoms with van der Waals surface area (Å²) in [6, 6.07) is 1.85. The Morgan fingerprint density at radius 2 is 2.04 bits per heavy atom. The molecule has 1 aliphatic rings. The molecular weight excluding hydrogens is 318 g/mol. The Labute approximate surface area is 147 Å². The third-order valence-corrected chi connectivity index (χ3v) is 4.20. The van der Waals surface area contributed by atoms with Crippen LogP contribution in [0.25, 0.3) is 0 Å². The van der Waals surface area contributed by atoms with Gasteiger partial charge in [-0.15, -0.1) is 0 Å². The van der Waals surface area contributed by atoms with Crippen molar-refractivity contribution in [3.8, 4) is 0 Å². The van der Waals surface area contributed by atoms with Gasteiger partial charge in [0.1, 0.15) is 0 Å². The molecule has 1 atom stereocenters. The molecular formula is C17H23N7O. The number of rotatable bonds is 4. The molecule has 1 aliphatic heterocycles. The molecule has 8 heteroatoms. The monoisotopic (exact) mass is 341 g/mol. The summed E-state index contributed by atoms with van der Waals surface area (Å²) in [5.41, 5.74) is 1.19. The standard InChI is InChI=1S/C17H23N7O/c1-12-14(10-20-17(21-12)23(2)3)15(25)22-13-6-4-9-24(11-13)16-18-7-5-8-19-16/h5,7-8,10,13H,4,6,9,11H2,1-3H3,(H,22,25)/t13-/m1/s1. The lowest BCUT2D eigenvalue weighted by Gasteiger charge is -2.33. The summed E-state index contributed by atoms with van der Waals surface area (Å²) in [5, 5.41) is 3.09. The number of aromatic nitrogens is 4. The molecule has 1 N–H and O–H groups in total. The Morgan fingerprint density at radius 1 is 1.28 bits per heavy atom. The van der Waals surface area contributed by atoms with Gasteiger partial charge in [-0.2, -0.15) is 0 Å². The van der Waals surface area contributed by atoms with Crippen molar-refractivity contribution in [2.75, 3.05) is 37.0 Å². The summed E-state index contributed by atoms with van der Waals surface area (Å²) < 4.78 is 0. The maximum atomic E-state index is 12.6. The molecule has 0 bridgehead atoms. The molecule has 0 aliphatic carbocycles. The van der Waals surface area contributed by atoms with Crippen molar-refractivity contribution in [1.82, 2.24) is 25.3 Å². The molecule has 25 heavy (non-hydrogen) atoms. The van der Waals surface area contributed by atoms with Crippen molar-refractivity contribution in [3.05, 3.63) is 35.9 Å². The van der Waals surface area contributed by atoms with Gasteiger partial charge in [-0.1, -0.05) is 0 Å². The SMILES string of the molecule is Cc1nc(N(C)C)ncc1C(=O)N[C@@H]1CCCN(c2ncccn2)C1. The summed E-state index contributed by atoms with van der Waals surface area (Å²) in [6.45, 7) is 3.43. The van der Waals surface area contributed by atoms with Crippen LogP contribution < -0.4 is 15.1 Å². The Morgan fingerprint density at radius 3 is 2.72 bits per heavy atom. The first-order chi connectivity index (χ1) is 12.0. The van der Waals surface area contributed by atoms with E-state index < -0.39 is 0 Å². The first-order valence-electron chi connectivity index (χ1n) is 8.38. The van der Waals surface area contributed by atoms with Crippen molar-refractivity contribution in [2.24, 2.45) is 0 Å². The van der Waals surface area contributed by atoms with Gasteiger partial charge in [0.15, 0.2) is 0 Å². The van der Waals surface area contributed by atoms with Crippen LogP contribution in [-0.2, 0) is 0 Å². The van der Waals surface area contributed by atoms with E-state index >= 15 is 0 Å². The number of nitrogens with zero attached hydrogens (tertiary/aromatic N) is 6. The zero-order valence-corrected chi connectivity index (χ0v) is 14.8. The van der Waals surface area contributed by atoms with Gasteiger partial charge in [0.25, 0.3) is 5.91 Å². The van der Waals surface area contributed by atoms with Crippen LogP contribution in [0.5, 0.6) is 0 Å². The molecule has 1 amide bonds. The smallest absolute Gasteiger partial charge is 0.254 e. The minimum Gasteiger partial charge on any atom is -0.347 e. The number of carbonyl (C=O) groups excluding carboxylic acids is 1. The molecule has 0 spiro atoms. The molecule has 8 nitrogen and oxygen atoms in total. The average molecular weight is 341 g/mol. The fraction of sp³-hybridized carbons (Fsp3) is 0.471. The second-order valence-corrected chi connectivity index (χ2v) is 6.37. The average Bonchev–Trinajstić information content (AvgIpc) is 2.62. The highest BCUT2D eigenvalue weighted by Crippen LogP contribution is 2.16. The van der Waals surface area contributed by atoms with E-state index in [1.807, 2.05) is 25.9 Å². The lowest BCUT2D eigenvalue weighted by atomic mass is 10.1. The Kier molecular flexibility index (Phi) is 5.06. The summed E-state index contributed by atoms with van der Waals surface area (Å²) >= 11 is 0. The zero-order chi connectivity index (χ0) is 17.8. The number of hydrogen-bond acceptors (Lipinski definition) is 7. The van der Waals surface area contributed by atoms with Crippen LogP contribution in [0.1, 0.15) is 28.9 Å². The largest absolute Gasteiger partial charge is 0.347 e. The van der Waals surface area contributed by atoms with E-state index in [2.05, 4.69) is 30.2 Å². The van der Waals surface area contributed by atoms with E-state index in [1.165, 1.54) is 0 Å². The summed E-state index contributed by atoms with van der Waals surface area (Å²) in [6.07, 6.45) is 6.98. The van der Waals surface area contributed by atoms with Crippen molar-refractivity contribution >= 4 is 17.8 Å². The molecule has 2 aromatic rings. The van der Waals surface area contributed by atoms with Gasteiger partial charge in [0.05, 0.1) is 11.3 Å².